The molecule has 0 spiro atoms. The summed E-state index contributed by atoms with van der Waals surface area (Å²) >= 11 is 3.20. The number of halogens is 1. The van der Waals surface area contributed by atoms with Gasteiger partial charge in [-0.05, 0) is 46.7 Å². The maximum atomic E-state index is 12.5. The molecular formula is C14H15BrN2O3. The van der Waals surface area contributed by atoms with E-state index in [4.69, 9.17) is 0 Å². The highest BCUT2D eigenvalue weighted by Gasteiger charge is 2.38. The highest BCUT2D eigenvalue weighted by molar-refractivity contribution is 9.10. The van der Waals surface area contributed by atoms with Crippen molar-refractivity contribution in [1.82, 2.24) is 4.90 Å². The summed E-state index contributed by atoms with van der Waals surface area (Å²) in [5, 5.41) is 10.9. The van der Waals surface area contributed by atoms with E-state index < -0.39 is 4.92 Å². The molecule has 1 saturated carbocycles. The van der Waals surface area contributed by atoms with Crippen LogP contribution in [0.25, 0.3) is 0 Å². The number of nitrogens with zero attached hydrogens (tertiary/aromatic N) is 2. The van der Waals surface area contributed by atoms with E-state index in [0.717, 1.165) is 13.1 Å². The van der Waals surface area contributed by atoms with Crippen molar-refractivity contribution in [3.05, 3.63) is 38.3 Å². The second kappa shape index (κ2) is 5.16. The van der Waals surface area contributed by atoms with Crippen LogP contribution in [0.5, 0.6) is 0 Å². The highest BCUT2D eigenvalue weighted by atomic mass is 79.9. The van der Waals surface area contributed by atoms with E-state index in [9.17, 15) is 14.9 Å². The Balaban J connectivity index is 1.85. The normalized spacial score (nSPS) is 24.8. The molecule has 2 aliphatic rings. The zero-order chi connectivity index (χ0) is 14.3. The Morgan fingerprint density at radius 1 is 1.30 bits per heavy atom. The van der Waals surface area contributed by atoms with Crippen molar-refractivity contribution in [2.75, 3.05) is 13.1 Å². The SMILES string of the molecule is O=C(c1cccc([N+](=O)[O-])c1Br)N1CC2CCCC2C1. The van der Waals surface area contributed by atoms with Gasteiger partial charge in [0, 0.05) is 19.2 Å². The third-order valence-electron chi connectivity index (χ3n) is 4.42. The largest absolute Gasteiger partial charge is 0.338 e. The molecule has 1 aromatic carbocycles. The van der Waals surface area contributed by atoms with Crippen LogP contribution in [0.15, 0.2) is 22.7 Å². The number of nitro groups is 1. The predicted molar refractivity (Wildman–Crippen MR) is 77.5 cm³/mol. The van der Waals surface area contributed by atoms with Crippen molar-refractivity contribution >= 4 is 27.5 Å². The summed E-state index contributed by atoms with van der Waals surface area (Å²) in [4.78, 5) is 24.8. The Morgan fingerprint density at radius 3 is 2.55 bits per heavy atom. The first-order valence-electron chi connectivity index (χ1n) is 6.80. The Bertz CT molecular complexity index is 564. The molecular weight excluding hydrogens is 324 g/mol. The van der Waals surface area contributed by atoms with Gasteiger partial charge in [0.05, 0.1) is 10.5 Å². The van der Waals surface area contributed by atoms with Gasteiger partial charge >= 0.3 is 0 Å². The molecule has 0 bridgehead atoms. The molecule has 1 aliphatic heterocycles. The zero-order valence-electron chi connectivity index (χ0n) is 10.9. The van der Waals surface area contributed by atoms with Gasteiger partial charge in [0.1, 0.15) is 4.47 Å². The van der Waals surface area contributed by atoms with Crippen LogP contribution in [0.1, 0.15) is 29.6 Å². The van der Waals surface area contributed by atoms with Crippen molar-refractivity contribution in [3.8, 4) is 0 Å². The van der Waals surface area contributed by atoms with Gasteiger partial charge in [0.15, 0.2) is 0 Å². The number of rotatable bonds is 2. The summed E-state index contributed by atoms with van der Waals surface area (Å²) in [5.74, 6) is 1.14. The minimum absolute atomic E-state index is 0.0600. The number of hydrogen-bond acceptors (Lipinski definition) is 3. The standard InChI is InChI=1S/C14H15BrN2O3/c15-13-11(5-2-6-12(13)17(19)20)14(18)16-7-9-3-1-4-10(9)8-16/h2,5-6,9-10H,1,3-4,7-8H2. The van der Waals surface area contributed by atoms with Crippen molar-refractivity contribution in [3.63, 3.8) is 0 Å². The fraction of sp³-hybridized carbons (Fsp3) is 0.500. The number of carbonyl (C=O) groups excluding carboxylic acids is 1. The molecule has 1 aliphatic carbocycles. The van der Waals surface area contributed by atoms with Crippen molar-refractivity contribution in [2.24, 2.45) is 11.8 Å². The van der Waals surface area contributed by atoms with Crippen molar-refractivity contribution < 1.29 is 9.72 Å². The molecule has 1 saturated heterocycles. The monoisotopic (exact) mass is 338 g/mol. The minimum Gasteiger partial charge on any atom is -0.338 e. The molecule has 2 atom stereocenters. The molecule has 1 aromatic rings. The number of nitro benzene ring substituents is 1. The maximum absolute atomic E-state index is 12.5. The Kier molecular flexibility index (Phi) is 3.50. The summed E-state index contributed by atoms with van der Waals surface area (Å²) < 4.78 is 0.284. The lowest BCUT2D eigenvalue weighted by molar-refractivity contribution is -0.385. The predicted octanol–water partition coefficient (Wildman–Crippen LogP) is 3.23. The first-order valence-corrected chi connectivity index (χ1v) is 7.59. The van der Waals surface area contributed by atoms with E-state index in [0.29, 0.717) is 17.4 Å². The lowest BCUT2D eigenvalue weighted by atomic mass is 10.0. The molecule has 1 amide bonds. The van der Waals surface area contributed by atoms with Gasteiger partial charge < -0.3 is 4.90 Å². The topological polar surface area (TPSA) is 63.4 Å². The lowest BCUT2D eigenvalue weighted by Gasteiger charge is -2.18. The molecule has 3 rings (SSSR count). The van der Waals surface area contributed by atoms with E-state index >= 15 is 0 Å². The van der Waals surface area contributed by atoms with Crippen LogP contribution in [-0.4, -0.2) is 28.8 Å². The van der Waals surface area contributed by atoms with Gasteiger partial charge in [-0.3, -0.25) is 14.9 Å². The van der Waals surface area contributed by atoms with E-state index in [2.05, 4.69) is 15.9 Å². The fourth-order valence-corrected chi connectivity index (χ4v) is 3.98. The highest BCUT2D eigenvalue weighted by Crippen LogP contribution is 2.39. The van der Waals surface area contributed by atoms with Gasteiger partial charge in [-0.25, -0.2) is 0 Å². The average Bonchev–Trinajstić information content (AvgIpc) is 2.98. The average molecular weight is 339 g/mol. The van der Waals surface area contributed by atoms with Crippen LogP contribution < -0.4 is 0 Å². The van der Waals surface area contributed by atoms with Gasteiger partial charge in [0.2, 0.25) is 0 Å². The molecule has 20 heavy (non-hydrogen) atoms. The van der Waals surface area contributed by atoms with Crippen LogP contribution in [0.4, 0.5) is 5.69 Å². The molecule has 6 heteroatoms. The number of amides is 1. The summed E-state index contributed by atoms with van der Waals surface area (Å²) in [6, 6.07) is 4.61. The van der Waals surface area contributed by atoms with E-state index in [1.807, 2.05) is 4.90 Å². The van der Waals surface area contributed by atoms with Gasteiger partial charge in [-0.2, -0.15) is 0 Å². The molecule has 5 nitrogen and oxygen atoms in total. The van der Waals surface area contributed by atoms with Crippen molar-refractivity contribution in [2.45, 2.75) is 19.3 Å². The van der Waals surface area contributed by atoms with Crippen LogP contribution in [-0.2, 0) is 0 Å². The lowest BCUT2D eigenvalue weighted by Crippen LogP contribution is -2.29. The van der Waals surface area contributed by atoms with Crippen LogP contribution >= 0.6 is 15.9 Å². The number of fused-ring (bicyclic) bond motifs is 1. The summed E-state index contributed by atoms with van der Waals surface area (Å²) in [5.41, 5.74) is 0.328. The molecule has 0 radical (unpaired) electrons. The van der Waals surface area contributed by atoms with E-state index in [1.165, 1.54) is 25.3 Å². The number of likely N-dealkylation sites (tertiary alicyclic amines) is 1. The third kappa shape index (κ3) is 2.22. The quantitative estimate of drug-likeness (QED) is 0.614. The number of hydrogen-bond donors (Lipinski definition) is 0. The molecule has 2 fully saturated rings. The third-order valence-corrected chi connectivity index (χ3v) is 5.25. The molecule has 0 N–H and O–H groups in total. The molecule has 0 aromatic heterocycles. The Morgan fingerprint density at radius 2 is 1.95 bits per heavy atom. The minimum atomic E-state index is -0.473. The van der Waals surface area contributed by atoms with E-state index in [-0.39, 0.29) is 16.1 Å². The number of carbonyl (C=O) groups is 1. The molecule has 106 valence electrons. The van der Waals surface area contributed by atoms with Gasteiger partial charge in [0.25, 0.3) is 11.6 Å². The Labute approximate surface area is 125 Å². The summed E-state index contributed by atoms with van der Waals surface area (Å²) in [7, 11) is 0. The van der Waals surface area contributed by atoms with Crippen LogP contribution in [0, 0.1) is 22.0 Å². The smallest absolute Gasteiger partial charge is 0.284 e. The second-order valence-electron chi connectivity index (χ2n) is 5.56. The van der Waals surface area contributed by atoms with Crippen LogP contribution in [0.3, 0.4) is 0 Å². The first kappa shape index (κ1) is 13.5. The van der Waals surface area contributed by atoms with E-state index in [1.54, 1.807) is 12.1 Å². The maximum Gasteiger partial charge on any atom is 0.284 e. The Hall–Kier alpha value is -1.43. The molecule has 1 heterocycles. The zero-order valence-corrected chi connectivity index (χ0v) is 12.5. The first-order chi connectivity index (χ1) is 9.58. The number of benzene rings is 1. The van der Waals surface area contributed by atoms with Crippen LogP contribution in [0.2, 0.25) is 0 Å². The fourth-order valence-electron chi connectivity index (χ4n) is 3.40. The summed E-state index contributed by atoms with van der Waals surface area (Å²) in [6.45, 7) is 1.58. The van der Waals surface area contributed by atoms with Crippen molar-refractivity contribution in [1.29, 1.82) is 0 Å². The van der Waals surface area contributed by atoms with Gasteiger partial charge in [-0.15, -0.1) is 0 Å². The van der Waals surface area contributed by atoms with Gasteiger partial charge in [-0.1, -0.05) is 12.5 Å². The molecule has 2 unspecified atom stereocenters. The second-order valence-corrected chi connectivity index (χ2v) is 6.35. The summed E-state index contributed by atoms with van der Waals surface area (Å²) in [6.07, 6.45) is 3.66.